The van der Waals surface area contributed by atoms with Gasteiger partial charge in [-0.2, -0.15) is 4.31 Å². The molecule has 3 fully saturated rings. The summed E-state index contributed by atoms with van der Waals surface area (Å²) in [5.41, 5.74) is 2.23. The fraction of sp³-hybridized carbons (Fsp3) is 0.579. The van der Waals surface area contributed by atoms with E-state index in [9.17, 15) is 32.6 Å². The molecule has 0 saturated carbocycles. The number of sulfonamides is 1. The van der Waals surface area contributed by atoms with Crippen LogP contribution in [0.4, 0.5) is 9.18 Å². The molecule has 3 aliphatic heterocycles. The van der Waals surface area contributed by atoms with Crippen molar-refractivity contribution in [1.82, 2.24) is 14.7 Å². The molecule has 0 spiro atoms. The highest BCUT2D eigenvalue weighted by molar-refractivity contribution is 7.89. The molecular formula is C19H24FN3O8S. The zero-order valence-electron chi connectivity index (χ0n) is 17.0. The van der Waals surface area contributed by atoms with E-state index in [0.29, 0.717) is 25.5 Å². The van der Waals surface area contributed by atoms with Crippen molar-refractivity contribution in [2.45, 2.75) is 61.4 Å². The average Bonchev–Trinajstić information content (AvgIpc) is 3.08. The fourth-order valence-corrected chi connectivity index (χ4v) is 6.20. The van der Waals surface area contributed by atoms with E-state index in [4.69, 9.17) is 9.57 Å². The smallest absolute Gasteiger partial charge is 0.407 e. The monoisotopic (exact) mass is 473 g/mol. The molecule has 11 nitrogen and oxygen atoms in total. The van der Waals surface area contributed by atoms with Crippen LogP contribution in [0.5, 0.6) is 5.75 Å². The zero-order valence-corrected chi connectivity index (χ0v) is 17.8. The Kier molecular flexibility index (Phi) is 6.25. The SMILES string of the molecule is O=C(NOC1CCCCO1)C1C2CCC(CN1S(=O)(=O)c1ccc(O)c(F)c1)N2C(=O)O. The molecule has 2 bridgehead atoms. The third kappa shape index (κ3) is 4.12. The highest BCUT2D eigenvalue weighted by atomic mass is 32.2. The van der Waals surface area contributed by atoms with E-state index >= 15 is 0 Å². The second-order valence-electron chi connectivity index (χ2n) is 8.00. The first-order valence-electron chi connectivity index (χ1n) is 10.3. The highest BCUT2D eigenvalue weighted by Gasteiger charge is 2.55. The minimum absolute atomic E-state index is 0.272. The molecule has 1 aromatic carbocycles. The summed E-state index contributed by atoms with van der Waals surface area (Å²) in [7, 11) is -4.40. The van der Waals surface area contributed by atoms with Gasteiger partial charge in [0, 0.05) is 25.6 Å². The summed E-state index contributed by atoms with van der Waals surface area (Å²) in [6, 6.07) is -0.393. The maximum atomic E-state index is 13.9. The summed E-state index contributed by atoms with van der Waals surface area (Å²) >= 11 is 0. The third-order valence-corrected chi connectivity index (χ3v) is 7.90. The van der Waals surface area contributed by atoms with Crippen LogP contribution in [0.25, 0.3) is 0 Å². The largest absolute Gasteiger partial charge is 0.505 e. The number of piperazine rings is 1. The predicted molar refractivity (Wildman–Crippen MR) is 105 cm³/mol. The molecule has 3 aliphatic rings. The van der Waals surface area contributed by atoms with Gasteiger partial charge in [0.1, 0.15) is 6.04 Å². The fourth-order valence-electron chi connectivity index (χ4n) is 4.54. The quantitative estimate of drug-likeness (QED) is 0.537. The Balaban J connectivity index is 1.63. The third-order valence-electron chi connectivity index (χ3n) is 6.06. The number of rotatable bonds is 5. The Morgan fingerprint density at radius 3 is 2.66 bits per heavy atom. The Labute approximate surface area is 183 Å². The average molecular weight is 473 g/mol. The molecule has 3 N–H and O–H groups in total. The summed E-state index contributed by atoms with van der Waals surface area (Å²) in [5, 5.41) is 19.0. The van der Waals surface area contributed by atoms with Crippen molar-refractivity contribution < 1.29 is 42.2 Å². The lowest BCUT2D eigenvalue weighted by atomic mass is 10.1. The summed E-state index contributed by atoms with van der Waals surface area (Å²) in [6.07, 6.45) is 0.983. The van der Waals surface area contributed by atoms with E-state index in [1.165, 1.54) is 0 Å². The number of nitrogens with zero attached hydrogens (tertiary/aromatic N) is 2. The van der Waals surface area contributed by atoms with Crippen LogP contribution in [0.2, 0.25) is 0 Å². The normalized spacial score (nSPS) is 28.5. The number of fused-ring (bicyclic) bond motifs is 2. The zero-order chi connectivity index (χ0) is 23.0. The predicted octanol–water partition coefficient (Wildman–Crippen LogP) is 0.990. The van der Waals surface area contributed by atoms with Gasteiger partial charge in [-0.05, 0) is 43.9 Å². The second kappa shape index (κ2) is 8.81. The van der Waals surface area contributed by atoms with Crippen molar-refractivity contribution in [2.75, 3.05) is 13.2 Å². The number of carboxylic acid groups (broad SMARTS) is 1. The van der Waals surface area contributed by atoms with E-state index in [0.717, 1.165) is 34.2 Å². The number of nitrogens with one attached hydrogen (secondary N) is 1. The molecule has 4 unspecified atom stereocenters. The van der Waals surface area contributed by atoms with Gasteiger partial charge in [0.2, 0.25) is 10.0 Å². The van der Waals surface area contributed by atoms with Crippen LogP contribution in [0, 0.1) is 5.82 Å². The van der Waals surface area contributed by atoms with E-state index in [-0.39, 0.29) is 13.0 Å². The van der Waals surface area contributed by atoms with E-state index in [1.54, 1.807) is 0 Å². The minimum atomic E-state index is -4.40. The molecule has 13 heteroatoms. The topological polar surface area (TPSA) is 146 Å². The number of ether oxygens (including phenoxy) is 1. The van der Waals surface area contributed by atoms with Gasteiger partial charge >= 0.3 is 6.09 Å². The van der Waals surface area contributed by atoms with Gasteiger partial charge < -0.3 is 14.9 Å². The van der Waals surface area contributed by atoms with Gasteiger partial charge in [0.15, 0.2) is 17.9 Å². The van der Waals surface area contributed by atoms with E-state index in [2.05, 4.69) is 5.48 Å². The Bertz CT molecular complexity index is 1000. The van der Waals surface area contributed by atoms with Gasteiger partial charge in [-0.15, -0.1) is 0 Å². The molecule has 3 heterocycles. The van der Waals surface area contributed by atoms with Crippen molar-refractivity contribution in [3.05, 3.63) is 24.0 Å². The molecule has 0 aliphatic carbocycles. The number of hydrogen-bond donors (Lipinski definition) is 3. The van der Waals surface area contributed by atoms with Crippen molar-refractivity contribution >= 4 is 22.0 Å². The van der Waals surface area contributed by atoms with Crippen LogP contribution in [-0.4, -0.2) is 77.4 Å². The molecule has 4 rings (SSSR count). The number of carbonyl (C=O) groups is 2. The number of benzene rings is 1. The number of hydroxylamine groups is 1. The van der Waals surface area contributed by atoms with Gasteiger partial charge in [-0.25, -0.2) is 27.9 Å². The molecule has 0 radical (unpaired) electrons. The Morgan fingerprint density at radius 2 is 2.00 bits per heavy atom. The van der Waals surface area contributed by atoms with Crippen molar-refractivity contribution in [3.63, 3.8) is 0 Å². The first kappa shape index (κ1) is 22.7. The number of amides is 2. The Morgan fingerprint density at radius 1 is 1.22 bits per heavy atom. The lowest BCUT2D eigenvalue weighted by Gasteiger charge is -2.43. The minimum Gasteiger partial charge on any atom is -0.505 e. The summed E-state index contributed by atoms with van der Waals surface area (Å²) in [4.78, 5) is 30.8. The van der Waals surface area contributed by atoms with Crippen LogP contribution in [0.1, 0.15) is 32.1 Å². The first-order chi connectivity index (χ1) is 15.2. The molecule has 0 aromatic heterocycles. The molecule has 4 atom stereocenters. The number of carbonyl (C=O) groups excluding carboxylic acids is 1. The molecular weight excluding hydrogens is 449 g/mol. The van der Waals surface area contributed by atoms with Gasteiger partial charge in [-0.3, -0.25) is 9.69 Å². The van der Waals surface area contributed by atoms with Crippen LogP contribution in [0.3, 0.4) is 0 Å². The highest BCUT2D eigenvalue weighted by Crippen LogP contribution is 2.37. The number of aromatic hydroxyl groups is 1. The van der Waals surface area contributed by atoms with Gasteiger partial charge in [0.25, 0.3) is 5.91 Å². The van der Waals surface area contributed by atoms with Crippen molar-refractivity contribution in [1.29, 1.82) is 0 Å². The molecule has 2 amide bonds. The molecule has 32 heavy (non-hydrogen) atoms. The maximum Gasteiger partial charge on any atom is 0.407 e. The number of halogens is 1. The lowest BCUT2D eigenvalue weighted by molar-refractivity contribution is -0.203. The first-order valence-corrected chi connectivity index (χ1v) is 11.7. The standard InChI is InChI=1S/C19H24FN3O8S/c20-13-9-12(5-7-15(13)24)32(28,29)22-10-11-4-6-14(23(11)19(26)27)17(22)18(25)21-31-16-3-1-2-8-30-16/h5,7,9,11,14,16-17,24H,1-4,6,8,10H2,(H,21,25)(H,26,27). The van der Waals surface area contributed by atoms with Crippen LogP contribution >= 0.6 is 0 Å². The number of hydrogen-bond acceptors (Lipinski definition) is 7. The second-order valence-corrected chi connectivity index (χ2v) is 9.89. The molecule has 3 saturated heterocycles. The van der Waals surface area contributed by atoms with Crippen molar-refractivity contribution in [3.8, 4) is 5.75 Å². The number of phenols is 1. The maximum absolute atomic E-state index is 13.9. The van der Waals surface area contributed by atoms with Gasteiger partial charge in [-0.1, -0.05) is 0 Å². The lowest BCUT2D eigenvalue weighted by Crippen LogP contribution is -2.66. The van der Waals surface area contributed by atoms with Crippen molar-refractivity contribution in [2.24, 2.45) is 0 Å². The van der Waals surface area contributed by atoms with Crippen LogP contribution in [0.15, 0.2) is 23.1 Å². The van der Waals surface area contributed by atoms with E-state index < -0.39 is 62.9 Å². The van der Waals surface area contributed by atoms with Crippen LogP contribution in [-0.2, 0) is 24.4 Å². The van der Waals surface area contributed by atoms with Crippen LogP contribution < -0.4 is 5.48 Å². The summed E-state index contributed by atoms with van der Waals surface area (Å²) in [5.74, 6) is -2.68. The number of phenolic OH excluding ortho intramolecular Hbond substituents is 1. The Hall–Kier alpha value is -2.48. The van der Waals surface area contributed by atoms with E-state index in [1.807, 2.05) is 0 Å². The summed E-state index contributed by atoms with van der Waals surface area (Å²) in [6.45, 7) is 0.194. The summed E-state index contributed by atoms with van der Waals surface area (Å²) < 4.78 is 46.8. The van der Waals surface area contributed by atoms with Gasteiger partial charge in [0.05, 0.1) is 10.9 Å². The molecule has 176 valence electrons. The molecule has 1 aromatic rings.